The first-order valence-corrected chi connectivity index (χ1v) is 8.67. The van der Waals surface area contributed by atoms with Gasteiger partial charge in [-0.1, -0.05) is 36.7 Å². The molecule has 0 bridgehead atoms. The number of esters is 1. The van der Waals surface area contributed by atoms with Crippen molar-refractivity contribution < 1.29 is 19.1 Å². The van der Waals surface area contributed by atoms with Crippen LogP contribution in [-0.4, -0.2) is 24.9 Å². The Bertz CT molecular complexity index is 951. The summed E-state index contributed by atoms with van der Waals surface area (Å²) in [4.78, 5) is 38.0. The molecule has 0 aliphatic carbocycles. The van der Waals surface area contributed by atoms with Crippen molar-refractivity contribution in [2.45, 2.75) is 13.3 Å². The van der Waals surface area contributed by atoms with Crippen LogP contribution in [0, 0.1) is 0 Å². The average Bonchev–Trinajstić information content (AvgIpc) is 2.91. The number of rotatable bonds is 5. The molecule has 0 saturated carbocycles. The van der Waals surface area contributed by atoms with Gasteiger partial charge >= 0.3 is 5.97 Å². The molecule has 0 radical (unpaired) electrons. The Labute approximate surface area is 161 Å². The quantitative estimate of drug-likeness (QED) is 0.631. The monoisotopic (exact) mass is 384 g/mol. The van der Waals surface area contributed by atoms with Crippen LogP contribution in [0.25, 0.3) is 0 Å². The maximum atomic E-state index is 12.8. The average molecular weight is 385 g/mol. The minimum Gasteiger partial charge on any atom is -0.465 e. The Morgan fingerprint density at radius 2 is 1.81 bits per heavy atom. The number of nitrogens with zero attached hydrogens (tertiary/aromatic N) is 1. The fourth-order valence-corrected chi connectivity index (χ4v) is 2.92. The Balaban J connectivity index is 1.88. The minimum atomic E-state index is -0.656. The summed E-state index contributed by atoms with van der Waals surface area (Å²) >= 11 is 6.12. The molecule has 1 aliphatic rings. The van der Waals surface area contributed by atoms with E-state index in [-0.39, 0.29) is 22.0 Å². The van der Waals surface area contributed by atoms with Crippen LogP contribution in [0.5, 0.6) is 0 Å². The number of benzene rings is 2. The van der Waals surface area contributed by atoms with E-state index < -0.39 is 17.8 Å². The van der Waals surface area contributed by atoms with Crippen molar-refractivity contribution in [3.05, 3.63) is 70.4 Å². The highest BCUT2D eigenvalue weighted by molar-refractivity contribution is 6.53. The number of nitrogens with one attached hydrogen (secondary N) is 1. The molecule has 27 heavy (non-hydrogen) atoms. The second-order valence-corrected chi connectivity index (χ2v) is 6.23. The third-order valence-corrected chi connectivity index (χ3v) is 4.53. The summed E-state index contributed by atoms with van der Waals surface area (Å²) in [5.41, 5.74) is 2.25. The summed E-state index contributed by atoms with van der Waals surface area (Å²) in [6.45, 7) is 2.04. The molecule has 1 heterocycles. The van der Waals surface area contributed by atoms with Crippen LogP contribution in [0.4, 0.5) is 11.4 Å². The van der Waals surface area contributed by atoms with Gasteiger partial charge in [-0.15, -0.1) is 0 Å². The van der Waals surface area contributed by atoms with Crippen LogP contribution in [-0.2, 0) is 20.7 Å². The Kier molecular flexibility index (Phi) is 5.28. The van der Waals surface area contributed by atoms with Gasteiger partial charge in [0.2, 0.25) is 0 Å². The molecule has 0 aromatic heterocycles. The fourth-order valence-electron chi connectivity index (χ4n) is 2.70. The third-order valence-electron chi connectivity index (χ3n) is 4.18. The number of carbonyl (C=O) groups excluding carboxylic acids is 3. The van der Waals surface area contributed by atoms with Crippen molar-refractivity contribution in [1.29, 1.82) is 0 Å². The van der Waals surface area contributed by atoms with Gasteiger partial charge in [0.1, 0.15) is 10.7 Å². The first kappa shape index (κ1) is 18.7. The smallest absolute Gasteiger partial charge is 0.337 e. The van der Waals surface area contributed by atoms with E-state index in [1.807, 2.05) is 31.2 Å². The van der Waals surface area contributed by atoms with E-state index in [1.54, 1.807) is 12.1 Å². The van der Waals surface area contributed by atoms with Gasteiger partial charge in [-0.25, -0.2) is 9.69 Å². The SMILES string of the molecule is CCc1ccc(NC2=C(Cl)C(=O)N(c3cccc(C(=O)OC)c3)C2=O)cc1. The van der Waals surface area contributed by atoms with Crippen LogP contribution in [0.3, 0.4) is 0 Å². The number of amides is 2. The lowest BCUT2D eigenvalue weighted by molar-refractivity contribution is -0.120. The lowest BCUT2D eigenvalue weighted by Crippen LogP contribution is -2.32. The fraction of sp³-hybridized carbons (Fsp3) is 0.150. The van der Waals surface area contributed by atoms with Gasteiger partial charge in [0.05, 0.1) is 18.4 Å². The molecule has 6 nitrogen and oxygen atoms in total. The number of carbonyl (C=O) groups is 3. The van der Waals surface area contributed by atoms with Gasteiger partial charge in [-0.2, -0.15) is 0 Å². The molecule has 3 rings (SSSR count). The van der Waals surface area contributed by atoms with E-state index >= 15 is 0 Å². The Morgan fingerprint density at radius 3 is 2.44 bits per heavy atom. The highest BCUT2D eigenvalue weighted by Gasteiger charge is 2.39. The summed E-state index contributed by atoms with van der Waals surface area (Å²) in [6.07, 6.45) is 0.894. The van der Waals surface area contributed by atoms with Gasteiger partial charge < -0.3 is 10.1 Å². The van der Waals surface area contributed by atoms with Crippen LogP contribution in [0.15, 0.2) is 59.3 Å². The summed E-state index contributed by atoms with van der Waals surface area (Å²) in [6, 6.07) is 13.5. The molecule has 2 amide bonds. The van der Waals surface area contributed by atoms with Gasteiger partial charge in [0.15, 0.2) is 0 Å². The van der Waals surface area contributed by atoms with Crippen molar-refractivity contribution >= 4 is 40.8 Å². The summed E-state index contributed by atoms with van der Waals surface area (Å²) in [7, 11) is 1.26. The number of imide groups is 1. The van der Waals surface area contributed by atoms with E-state index in [0.717, 1.165) is 16.9 Å². The second kappa shape index (κ2) is 7.63. The largest absolute Gasteiger partial charge is 0.465 e. The first-order chi connectivity index (χ1) is 13.0. The molecule has 0 fully saturated rings. The molecule has 2 aromatic rings. The lowest BCUT2D eigenvalue weighted by atomic mass is 10.1. The molecular formula is C20H17ClN2O4. The zero-order chi connectivity index (χ0) is 19.6. The van der Waals surface area contributed by atoms with Crippen LogP contribution in [0.2, 0.25) is 0 Å². The van der Waals surface area contributed by atoms with Gasteiger partial charge in [0.25, 0.3) is 11.8 Å². The zero-order valence-electron chi connectivity index (χ0n) is 14.8. The molecule has 0 saturated heterocycles. The third kappa shape index (κ3) is 3.57. The predicted octanol–water partition coefficient (Wildman–Crippen LogP) is 3.47. The van der Waals surface area contributed by atoms with E-state index in [0.29, 0.717) is 5.69 Å². The van der Waals surface area contributed by atoms with Crippen molar-refractivity contribution in [1.82, 2.24) is 0 Å². The summed E-state index contributed by atoms with van der Waals surface area (Å²) in [5.74, 6) is -1.81. The second-order valence-electron chi connectivity index (χ2n) is 5.85. The standard InChI is InChI=1S/C20H17ClN2O4/c1-3-12-7-9-14(10-8-12)22-17-16(21)18(24)23(19(17)25)15-6-4-5-13(11-15)20(26)27-2/h4-11,22H,3H2,1-2H3. The minimum absolute atomic E-state index is 0.00520. The lowest BCUT2D eigenvalue weighted by Gasteiger charge is -2.16. The zero-order valence-corrected chi connectivity index (χ0v) is 15.5. The van der Waals surface area contributed by atoms with Crippen molar-refractivity contribution in [2.24, 2.45) is 0 Å². The normalized spacial score (nSPS) is 14.0. The highest BCUT2D eigenvalue weighted by atomic mass is 35.5. The number of hydrogen-bond acceptors (Lipinski definition) is 5. The van der Waals surface area contributed by atoms with E-state index in [9.17, 15) is 14.4 Å². The molecular weight excluding hydrogens is 368 g/mol. The van der Waals surface area contributed by atoms with E-state index in [4.69, 9.17) is 11.6 Å². The van der Waals surface area contributed by atoms with Gasteiger partial charge in [-0.3, -0.25) is 9.59 Å². The maximum Gasteiger partial charge on any atom is 0.337 e. The molecule has 0 atom stereocenters. The molecule has 0 unspecified atom stereocenters. The number of methoxy groups -OCH3 is 1. The number of anilines is 2. The van der Waals surface area contributed by atoms with Crippen molar-refractivity contribution in [3.8, 4) is 0 Å². The predicted molar refractivity (Wildman–Crippen MR) is 103 cm³/mol. The van der Waals surface area contributed by atoms with Crippen molar-refractivity contribution in [3.63, 3.8) is 0 Å². The van der Waals surface area contributed by atoms with Crippen LogP contribution < -0.4 is 10.2 Å². The Hall–Kier alpha value is -3.12. The van der Waals surface area contributed by atoms with E-state index in [1.165, 1.54) is 19.2 Å². The van der Waals surface area contributed by atoms with Crippen LogP contribution in [0.1, 0.15) is 22.8 Å². The molecule has 0 spiro atoms. The highest BCUT2D eigenvalue weighted by Crippen LogP contribution is 2.30. The summed E-state index contributed by atoms with van der Waals surface area (Å²) < 4.78 is 4.67. The number of hydrogen-bond donors (Lipinski definition) is 1. The molecule has 7 heteroatoms. The molecule has 138 valence electrons. The maximum absolute atomic E-state index is 12.8. The summed E-state index contributed by atoms with van der Waals surface area (Å²) in [5, 5.41) is 2.71. The molecule has 1 aliphatic heterocycles. The number of ether oxygens (including phenoxy) is 1. The Morgan fingerprint density at radius 1 is 1.11 bits per heavy atom. The van der Waals surface area contributed by atoms with Gasteiger partial charge in [-0.05, 0) is 42.3 Å². The molecule has 2 aromatic carbocycles. The first-order valence-electron chi connectivity index (χ1n) is 8.29. The molecule has 1 N–H and O–H groups in total. The number of aryl methyl sites for hydroxylation is 1. The van der Waals surface area contributed by atoms with Crippen molar-refractivity contribution in [2.75, 3.05) is 17.3 Å². The topological polar surface area (TPSA) is 75.7 Å². The van der Waals surface area contributed by atoms with Gasteiger partial charge in [0, 0.05) is 5.69 Å². The van der Waals surface area contributed by atoms with E-state index in [2.05, 4.69) is 10.1 Å². The number of halogens is 1. The van der Waals surface area contributed by atoms with Crippen LogP contribution >= 0.6 is 11.6 Å².